The van der Waals surface area contributed by atoms with E-state index >= 15 is 0 Å². The van der Waals surface area contributed by atoms with E-state index in [1.165, 1.54) is 24.0 Å². The summed E-state index contributed by atoms with van der Waals surface area (Å²) in [6.07, 6.45) is -0.600. The molecule has 1 aromatic carbocycles. The predicted octanol–water partition coefficient (Wildman–Crippen LogP) is 2.45. The minimum atomic E-state index is -3.95. The molecule has 0 spiro atoms. The second-order valence-electron chi connectivity index (χ2n) is 7.96. The Bertz CT molecular complexity index is 897. The van der Waals surface area contributed by atoms with E-state index in [9.17, 15) is 23.1 Å². The lowest BCUT2D eigenvalue weighted by Gasteiger charge is -2.24. The fraction of sp³-hybridized carbons (Fsp3) is 0.579. The van der Waals surface area contributed by atoms with Gasteiger partial charge in [0.15, 0.2) is 0 Å². The van der Waals surface area contributed by atoms with Gasteiger partial charge >= 0.3 is 12.1 Å². The molecule has 0 heterocycles. The Kier molecular flexibility index (Phi) is 10.7. The molecule has 9 nitrogen and oxygen atoms in total. The van der Waals surface area contributed by atoms with Crippen LogP contribution in [-0.2, 0) is 34.8 Å². The minimum Gasteiger partial charge on any atom is -0.480 e. The van der Waals surface area contributed by atoms with Crippen LogP contribution in [0.5, 0.6) is 0 Å². The summed E-state index contributed by atoms with van der Waals surface area (Å²) in [5.41, 5.74) is 0.322. The summed E-state index contributed by atoms with van der Waals surface area (Å²) in [4.78, 5) is 24.7. The third kappa shape index (κ3) is 10.7. The molecule has 0 saturated heterocycles. The lowest BCUT2D eigenvalue weighted by atomic mass is 10.2. The zero-order valence-electron chi connectivity index (χ0n) is 18.7. The van der Waals surface area contributed by atoms with E-state index in [1.807, 2.05) is 6.92 Å². The molecular formula is C19H33N2O7PS2. The van der Waals surface area contributed by atoms with Crippen molar-refractivity contribution in [2.45, 2.75) is 51.2 Å². The van der Waals surface area contributed by atoms with Gasteiger partial charge in [0, 0.05) is 19.3 Å². The number of thiol groups is 1. The van der Waals surface area contributed by atoms with Crippen LogP contribution in [0, 0.1) is 6.92 Å². The van der Waals surface area contributed by atoms with Crippen molar-refractivity contribution >= 4 is 40.0 Å². The van der Waals surface area contributed by atoms with Gasteiger partial charge in [-0.05, 0) is 53.6 Å². The van der Waals surface area contributed by atoms with Crippen molar-refractivity contribution in [2.24, 2.45) is 0 Å². The number of amides is 1. The van der Waals surface area contributed by atoms with Crippen LogP contribution in [0.2, 0.25) is 0 Å². The van der Waals surface area contributed by atoms with E-state index in [0.717, 1.165) is 16.5 Å². The van der Waals surface area contributed by atoms with E-state index in [-0.39, 0.29) is 11.2 Å². The van der Waals surface area contributed by atoms with Gasteiger partial charge in [0.1, 0.15) is 18.0 Å². The first kappa shape index (κ1) is 27.6. The molecule has 1 unspecified atom stereocenters. The van der Waals surface area contributed by atoms with Crippen molar-refractivity contribution in [3.8, 4) is 0 Å². The normalized spacial score (nSPS) is 14.4. The molecule has 0 aliphatic rings. The lowest BCUT2D eigenvalue weighted by Crippen LogP contribution is -2.35. The van der Waals surface area contributed by atoms with Gasteiger partial charge in [0.05, 0.1) is 4.90 Å². The number of carboxylic acid groups (broad SMARTS) is 1. The summed E-state index contributed by atoms with van der Waals surface area (Å²) >= 11 is 0. The molecule has 1 amide bonds. The molecule has 0 aliphatic carbocycles. The highest BCUT2D eigenvalue weighted by Crippen LogP contribution is 2.23. The Morgan fingerprint density at radius 2 is 1.84 bits per heavy atom. The van der Waals surface area contributed by atoms with Crippen LogP contribution < -0.4 is 5.09 Å². The smallest absolute Gasteiger partial charge is 0.410 e. The fourth-order valence-electron chi connectivity index (χ4n) is 2.12. The maximum Gasteiger partial charge on any atom is 0.410 e. The molecule has 31 heavy (non-hydrogen) atoms. The van der Waals surface area contributed by atoms with E-state index in [1.54, 1.807) is 40.0 Å². The highest BCUT2D eigenvalue weighted by Gasteiger charge is 2.20. The topological polar surface area (TPSA) is 122 Å². The molecule has 1 rings (SSSR count). The maximum absolute atomic E-state index is 12.4. The van der Waals surface area contributed by atoms with Crippen LogP contribution in [0.3, 0.4) is 0 Å². The summed E-state index contributed by atoms with van der Waals surface area (Å²) < 4.78 is 35.4. The van der Waals surface area contributed by atoms with Crippen LogP contribution in [0.1, 0.15) is 33.3 Å². The van der Waals surface area contributed by atoms with Crippen LogP contribution >= 0.6 is 6.85 Å². The van der Waals surface area contributed by atoms with Gasteiger partial charge in [-0.3, -0.25) is 14.1 Å². The number of rotatable bonds is 10. The van der Waals surface area contributed by atoms with Gasteiger partial charge < -0.3 is 14.7 Å². The molecule has 0 radical (unpaired) electrons. The largest absolute Gasteiger partial charge is 0.480 e. The van der Waals surface area contributed by atoms with Gasteiger partial charge in [0.2, 0.25) is 0 Å². The zero-order chi connectivity index (χ0) is 23.8. The first-order chi connectivity index (χ1) is 14.2. The van der Waals surface area contributed by atoms with Gasteiger partial charge in [-0.15, -0.1) is 0 Å². The van der Waals surface area contributed by atoms with Gasteiger partial charge in [0.25, 0.3) is 10.1 Å². The number of aliphatic carboxylic acids is 1. The molecule has 0 saturated carbocycles. The maximum atomic E-state index is 12.4. The second kappa shape index (κ2) is 12.0. The Morgan fingerprint density at radius 1 is 1.26 bits per heavy atom. The summed E-state index contributed by atoms with van der Waals surface area (Å²) in [6.45, 7) is 7.32. The number of carbonyl (C=O) groups excluding carboxylic acids is 1. The molecule has 0 aliphatic heterocycles. The predicted molar refractivity (Wildman–Crippen MR) is 125 cm³/mol. The standard InChI is InChI=1S/C19H33N2O7PS2/c1-14-7-9-16(10-8-14)31(25,26)27-13-29(20-15(2)17(22)23)30-12-11-21(6)18(24)28-19(3,4)5/h7-10,15,20,29-30H,11-13H2,1-6H3,(H,22,23)/t15-/m0/s1. The quantitative estimate of drug-likeness (QED) is 0.257. The van der Waals surface area contributed by atoms with Crippen LogP contribution in [0.15, 0.2) is 29.2 Å². The molecule has 0 bridgehead atoms. The molecule has 0 aromatic heterocycles. The summed E-state index contributed by atoms with van der Waals surface area (Å²) in [5, 5.41) is 12.1. The summed E-state index contributed by atoms with van der Waals surface area (Å²) in [7, 11) is -1.56. The number of ether oxygens (including phenoxy) is 1. The van der Waals surface area contributed by atoms with E-state index in [0.29, 0.717) is 12.3 Å². The average molecular weight is 497 g/mol. The summed E-state index contributed by atoms with van der Waals surface area (Å²) in [5.74, 6) is -0.526. The first-order valence-electron chi connectivity index (χ1n) is 9.64. The number of hydrogen-bond donors (Lipinski definition) is 3. The van der Waals surface area contributed by atoms with Crippen molar-refractivity contribution in [1.82, 2.24) is 9.99 Å². The number of hydrogen-bond acceptors (Lipinski definition) is 6. The molecule has 178 valence electrons. The van der Waals surface area contributed by atoms with Crippen LogP contribution in [-0.4, -0.2) is 67.8 Å². The van der Waals surface area contributed by atoms with Crippen molar-refractivity contribution in [1.29, 1.82) is 0 Å². The third-order valence-electron chi connectivity index (χ3n) is 3.86. The molecular weight excluding hydrogens is 463 g/mol. The van der Waals surface area contributed by atoms with E-state index in [2.05, 4.69) is 5.09 Å². The van der Waals surface area contributed by atoms with E-state index < -0.39 is 40.7 Å². The van der Waals surface area contributed by atoms with Gasteiger partial charge in [-0.1, -0.05) is 17.7 Å². The second-order valence-corrected chi connectivity index (χ2v) is 14.4. The number of nitrogens with zero attached hydrogens (tertiary/aromatic N) is 1. The van der Waals surface area contributed by atoms with Crippen molar-refractivity contribution < 1.29 is 32.0 Å². The Hall–Kier alpha value is -1.39. The number of carboxylic acids is 1. The molecule has 2 N–H and O–H groups in total. The van der Waals surface area contributed by atoms with Crippen molar-refractivity contribution in [3.05, 3.63) is 29.8 Å². The van der Waals surface area contributed by atoms with Gasteiger partial charge in [-0.25, -0.2) is 4.79 Å². The lowest BCUT2D eigenvalue weighted by molar-refractivity contribution is -0.138. The molecule has 12 heteroatoms. The number of benzene rings is 1. The number of aryl methyl sites for hydroxylation is 1. The molecule has 0 fully saturated rings. The Morgan fingerprint density at radius 3 is 2.35 bits per heavy atom. The first-order valence-corrected chi connectivity index (χ1v) is 14.7. The molecule has 2 atom stereocenters. The summed E-state index contributed by atoms with van der Waals surface area (Å²) in [6, 6.07) is 5.45. The van der Waals surface area contributed by atoms with Crippen molar-refractivity contribution in [2.75, 3.05) is 25.7 Å². The third-order valence-corrected chi connectivity index (χ3v) is 9.92. The van der Waals surface area contributed by atoms with Crippen molar-refractivity contribution in [3.63, 3.8) is 0 Å². The van der Waals surface area contributed by atoms with E-state index in [4.69, 9.17) is 8.92 Å². The SMILES string of the molecule is Cc1ccc(S(=O)(=O)OC[PH](N[C@@H](C)C(=O)O)=[SH]CCN(C)C(=O)OC(C)(C)C)cc1. The highest BCUT2D eigenvalue weighted by atomic mass is 32.5. The number of nitrogens with one attached hydrogen (secondary N) is 1. The van der Waals surface area contributed by atoms with Gasteiger partial charge in [-0.2, -0.15) is 19.4 Å². The fourth-order valence-corrected chi connectivity index (χ4v) is 8.06. The Labute approximate surface area is 188 Å². The number of carbonyl (C=O) groups is 2. The van der Waals surface area contributed by atoms with Crippen LogP contribution in [0.4, 0.5) is 4.79 Å². The monoisotopic (exact) mass is 496 g/mol. The highest BCUT2D eigenvalue weighted by molar-refractivity contribution is 8.14. The minimum absolute atomic E-state index is 0.0482. The average Bonchev–Trinajstić information content (AvgIpc) is 2.64. The molecule has 1 aromatic rings. The van der Waals surface area contributed by atoms with Crippen LogP contribution in [0.25, 0.3) is 0 Å². The zero-order valence-corrected chi connectivity index (χ0v) is 21.4. The Balaban J connectivity index is 2.83.